The summed E-state index contributed by atoms with van der Waals surface area (Å²) < 4.78 is 0. The van der Waals surface area contributed by atoms with Crippen LogP contribution < -0.4 is 15.5 Å². The molecule has 0 spiro atoms. The van der Waals surface area contributed by atoms with Crippen LogP contribution in [0.3, 0.4) is 0 Å². The van der Waals surface area contributed by atoms with Crippen LogP contribution in [0.4, 0.5) is 11.5 Å². The van der Waals surface area contributed by atoms with E-state index in [1.165, 1.54) is 0 Å². The Balaban J connectivity index is 1.49. The zero-order valence-electron chi connectivity index (χ0n) is 14.1. The molecule has 3 heterocycles. The molecule has 2 aromatic rings. The number of aromatic nitrogens is 1. The number of amides is 2. The second-order valence-corrected chi connectivity index (χ2v) is 6.63. The Morgan fingerprint density at radius 2 is 2.12 bits per heavy atom. The number of carbonyl (C=O) groups excluding carboxylic acids is 2. The minimum Gasteiger partial charge on any atom is -0.354 e. The van der Waals surface area contributed by atoms with Crippen LogP contribution in [0.2, 0.25) is 0 Å². The van der Waals surface area contributed by atoms with Gasteiger partial charge in [0.05, 0.1) is 6.42 Å². The first-order chi connectivity index (χ1) is 12.1. The Bertz CT molecular complexity index is 832. The number of rotatable bonds is 3. The molecule has 1 aromatic carbocycles. The Morgan fingerprint density at radius 1 is 1.28 bits per heavy atom. The molecule has 0 aliphatic carbocycles. The normalized spacial score (nSPS) is 18.8. The van der Waals surface area contributed by atoms with E-state index in [-0.39, 0.29) is 17.9 Å². The van der Waals surface area contributed by atoms with Crippen LogP contribution in [0.1, 0.15) is 18.9 Å². The highest BCUT2D eigenvalue weighted by atomic mass is 16.2. The van der Waals surface area contributed by atoms with Gasteiger partial charge in [0.2, 0.25) is 11.8 Å². The van der Waals surface area contributed by atoms with Crippen LogP contribution >= 0.6 is 0 Å². The third kappa shape index (κ3) is 3.20. The average Bonchev–Trinajstić information content (AvgIpc) is 3.19. The van der Waals surface area contributed by atoms with E-state index in [1.807, 2.05) is 30.5 Å². The number of nitrogens with zero attached hydrogens (tertiary/aromatic N) is 2. The smallest absolute Gasteiger partial charge is 0.228 e. The Hall–Kier alpha value is -2.89. The molecule has 1 unspecified atom stereocenters. The molecule has 2 aliphatic heterocycles. The van der Waals surface area contributed by atoms with Crippen molar-refractivity contribution in [1.29, 1.82) is 0 Å². The van der Waals surface area contributed by atoms with Gasteiger partial charge in [0.25, 0.3) is 0 Å². The zero-order valence-corrected chi connectivity index (χ0v) is 14.1. The van der Waals surface area contributed by atoms with E-state index in [2.05, 4.69) is 26.6 Å². The Labute approximate surface area is 146 Å². The lowest BCUT2D eigenvalue weighted by Gasteiger charge is -2.18. The molecule has 0 bridgehead atoms. The van der Waals surface area contributed by atoms with Crippen molar-refractivity contribution in [2.75, 3.05) is 23.3 Å². The van der Waals surface area contributed by atoms with Gasteiger partial charge in [-0.25, -0.2) is 4.98 Å². The molecule has 6 nitrogen and oxygen atoms in total. The van der Waals surface area contributed by atoms with Crippen LogP contribution in [0.25, 0.3) is 11.1 Å². The molecule has 2 N–H and O–H groups in total. The SMILES string of the molecule is CC(=O)NC1CCN(c2ccc(-c3ccc4c(c3)CC(=O)N4)cn2)C1. The second kappa shape index (κ2) is 6.20. The zero-order chi connectivity index (χ0) is 17.4. The van der Waals surface area contributed by atoms with Crippen molar-refractivity contribution < 1.29 is 9.59 Å². The topological polar surface area (TPSA) is 74.3 Å². The van der Waals surface area contributed by atoms with Crippen LogP contribution in [0.5, 0.6) is 0 Å². The molecule has 2 amide bonds. The highest BCUT2D eigenvalue weighted by Crippen LogP contribution is 2.29. The third-order valence-corrected chi connectivity index (χ3v) is 4.73. The molecule has 4 rings (SSSR count). The largest absolute Gasteiger partial charge is 0.354 e. The number of carbonyl (C=O) groups is 2. The van der Waals surface area contributed by atoms with E-state index in [9.17, 15) is 9.59 Å². The number of pyridine rings is 1. The van der Waals surface area contributed by atoms with Crippen molar-refractivity contribution in [1.82, 2.24) is 10.3 Å². The lowest BCUT2D eigenvalue weighted by molar-refractivity contribution is -0.119. The minimum absolute atomic E-state index is 0.0136. The van der Waals surface area contributed by atoms with Crippen molar-refractivity contribution in [3.63, 3.8) is 0 Å². The van der Waals surface area contributed by atoms with Gasteiger partial charge < -0.3 is 15.5 Å². The number of anilines is 2. The monoisotopic (exact) mass is 336 g/mol. The van der Waals surface area contributed by atoms with E-state index >= 15 is 0 Å². The first-order valence-corrected chi connectivity index (χ1v) is 8.50. The van der Waals surface area contributed by atoms with Gasteiger partial charge in [0.15, 0.2) is 0 Å². The Kier molecular flexibility index (Phi) is 3.87. The van der Waals surface area contributed by atoms with Crippen molar-refractivity contribution in [3.05, 3.63) is 42.1 Å². The number of hydrogen-bond acceptors (Lipinski definition) is 4. The van der Waals surface area contributed by atoms with Gasteiger partial charge >= 0.3 is 0 Å². The van der Waals surface area contributed by atoms with Crippen molar-refractivity contribution in [3.8, 4) is 11.1 Å². The molecule has 6 heteroatoms. The maximum Gasteiger partial charge on any atom is 0.228 e. The first-order valence-electron chi connectivity index (χ1n) is 8.50. The maximum atomic E-state index is 11.5. The van der Waals surface area contributed by atoms with Gasteiger partial charge in [-0.1, -0.05) is 6.07 Å². The fraction of sp³-hybridized carbons (Fsp3) is 0.316. The number of hydrogen-bond donors (Lipinski definition) is 2. The van der Waals surface area contributed by atoms with E-state index < -0.39 is 0 Å². The summed E-state index contributed by atoms with van der Waals surface area (Å²) >= 11 is 0. The van der Waals surface area contributed by atoms with Crippen LogP contribution in [0, 0.1) is 0 Å². The maximum absolute atomic E-state index is 11.5. The fourth-order valence-electron chi connectivity index (χ4n) is 3.53. The van der Waals surface area contributed by atoms with E-state index in [4.69, 9.17) is 0 Å². The van der Waals surface area contributed by atoms with Gasteiger partial charge in [-0.3, -0.25) is 9.59 Å². The summed E-state index contributed by atoms with van der Waals surface area (Å²) in [5.41, 5.74) is 4.03. The summed E-state index contributed by atoms with van der Waals surface area (Å²) in [6, 6.07) is 10.3. The number of nitrogens with one attached hydrogen (secondary N) is 2. The van der Waals surface area contributed by atoms with Crippen LogP contribution in [-0.4, -0.2) is 35.9 Å². The average molecular weight is 336 g/mol. The molecule has 0 saturated carbocycles. The predicted molar refractivity (Wildman–Crippen MR) is 96.4 cm³/mol. The fourth-order valence-corrected chi connectivity index (χ4v) is 3.53. The summed E-state index contributed by atoms with van der Waals surface area (Å²) in [7, 11) is 0. The van der Waals surface area contributed by atoms with Crippen LogP contribution in [0.15, 0.2) is 36.5 Å². The van der Waals surface area contributed by atoms with Crippen LogP contribution in [-0.2, 0) is 16.0 Å². The van der Waals surface area contributed by atoms with Gasteiger partial charge in [0.1, 0.15) is 5.82 Å². The molecular formula is C19H20N4O2. The minimum atomic E-state index is 0.0136. The van der Waals surface area contributed by atoms with Gasteiger partial charge in [-0.2, -0.15) is 0 Å². The summed E-state index contributed by atoms with van der Waals surface area (Å²) in [6.07, 6.45) is 3.24. The Morgan fingerprint density at radius 3 is 2.88 bits per heavy atom. The lowest BCUT2D eigenvalue weighted by atomic mass is 10.0. The molecule has 25 heavy (non-hydrogen) atoms. The second-order valence-electron chi connectivity index (χ2n) is 6.63. The quantitative estimate of drug-likeness (QED) is 0.898. The van der Waals surface area contributed by atoms with E-state index in [1.54, 1.807) is 6.92 Å². The van der Waals surface area contributed by atoms with Gasteiger partial charge in [0, 0.05) is 43.5 Å². The lowest BCUT2D eigenvalue weighted by Crippen LogP contribution is -2.35. The molecule has 0 radical (unpaired) electrons. The third-order valence-electron chi connectivity index (χ3n) is 4.73. The molecule has 2 aliphatic rings. The van der Waals surface area contributed by atoms with Crippen molar-refractivity contribution in [2.45, 2.75) is 25.8 Å². The summed E-state index contributed by atoms with van der Waals surface area (Å²) in [6.45, 7) is 3.23. The summed E-state index contributed by atoms with van der Waals surface area (Å²) in [5.74, 6) is 0.984. The number of benzene rings is 1. The predicted octanol–water partition coefficient (Wildman–Crippen LogP) is 1.96. The molecule has 1 saturated heterocycles. The molecule has 1 aromatic heterocycles. The van der Waals surface area contributed by atoms with E-state index in [0.717, 1.165) is 47.7 Å². The standard InChI is InChI=1S/C19H20N4O2/c1-12(24)21-16-6-7-23(11-16)18-5-3-14(10-20-18)13-2-4-17-15(8-13)9-19(25)22-17/h2-5,8,10,16H,6-7,9,11H2,1H3,(H,21,24)(H,22,25). The van der Waals surface area contributed by atoms with Crippen molar-refractivity contribution in [2.24, 2.45) is 0 Å². The summed E-state index contributed by atoms with van der Waals surface area (Å²) in [5, 5.41) is 5.81. The molecule has 128 valence electrons. The molecule has 1 atom stereocenters. The first kappa shape index (κ1) is 15.6. The molecular weight excluding hydrogens is 316 g/mol. The molecule has 1 fully saturated rings. The number of fused-ring (bicyclic) bond motifs is 1. The van der Waals surface area contributed by atoms with Gasteiger partial charge in [-0.15, -0.1) is 0 Å². The van der Waals surface area contributed by atoms with Gasteiger partial charge in [-0.05, 0) is 41.8 Å². The highest BCUT2D eigenvalue weighted by molar-refractivity contribution is 5.99. The summed E-state index contributed by atoms with van der Waals surface area (Å²) in [4.78, 5) is 29.4. The highest BCUT2D eigenvalue weighted by Gasteiger charge is 2.24. The van der Waals surface area contributed by atoms with Crippen molar-refractivity contribution >= 4 is 23.3 Å². The van der Waals surface area contributed by atoms with E-state index in [0.29, 0.717) is 6.42 Å².